The van der Waals surface area contributed by atoms with Gasteiger partial charge < -0.3 is 4.90 Å². The molecule has 3 aromatic rings. The first kappa shape index (κ1) is 13.9. The van der Waals surface area contributed by atoms with Crippen LogP contribution in [-0.2, 0) is 0 Å². The number of carbonyl (C=O) groups excluding carboxylic acids is 1. The number of carbonyl (C=O) groups is 1. The lowest BCUT2D eigenvalue weighted by atomic mass is 9.97. The highest BCUT2D eigenvalue weighted by Gasteiger charge is 2.36. The maximum absolute atomic E-state index is 14.4. The Hall–Kier alpha value is -2.69. The first-order valence-electron chi connectivity index (χ1n) is 7.64. The van der Waals surface area contributed by atoms with E-state index in [-0.39, 0.29) is 18.4 Å². The number of alkyl halides is 1. The number of benzene rings is 2. The van der Waals surface area contributed by atoms with Crippen LogP contribution in [0.4, 0.5) is 4.39 Å². The largest absolute Gasteiger partial charge is 0.335 e. The second kappa shape index (κ2) is 5.50. The first-order chi connectivity index (χ1) is 11.2. The highest BCUT2D eigenvalue weighted by Crippen LogP contribution is 2.31. The summed E-state index contributed by atoms with van der Waals surface area (Å²) in [5.41, 5.74) is 2.32. The summed E-state index contributed by atoms with van der Waals surface area (Å²) in [5, 5.41) is 7.61. The van der Waals surface area contributed by atoms with Crippen molar-refractivity contribution in [1.29, 1.82) is 0 Å². The molecule has 0 radical (unpaired) electrons. The van der Waals surface area contributed by atoms with E-state index in [2.05, 4.69) is 10.2 Å². The highest BCUT2D eigenvalue weighted by atomic mass is 19.1. The number of nitrogens with one attached hydrogen (secondary N) is 1. The Morgan fingerprint density at radius 3 is 2.78 bits per heavy atom. The lowest BCUT2D eigenvalue weighted by molar-refractivity contribution is 0.0784. The second-order valence-corrected chi connectivity index (χ2v) is 5.88. The van der Waals surface area contributed by atoms with Gasteiger partial charge in [-0.05, 0) is 17.7 Å². The number of fused-ring (bicyclic) bond motifs is 1. The molecule has 4 rings (SSSR count). The van der Waals surface area contributed by atoms with Gasteiger partial charge in [0.15, 0.2) is 0 Å². The van der Waals surface area contributed by atoms with Crippen LogP contribution in [0, 0.1) is 0 Å². The van der Waals surface area contributed by atoms with Crippen LogP contribution >= 0.6 is 0 Å². The summed E-state index contributed by atoms with van der Waals surface area (Å²) in [5.74, 6) is -0.401. The Morgan fingerprint density at radius 2 is 1.96 bits per heavy atom. The zero-order valence-electron chi connectivity index (χ0n) is 12.4. The molecule has 116 valence electrons. The maximum atomic E-state index is 14.4. The smallest absolute Gasteiger partial charge is 0.254 e. The van der Waals surface area contributed by atoms with E-state index >= 15 is 0 Å². The second-order valence-electron chi connectivity index (χ2n) is 5.88. The molecule has 1 amide bonds. The molecular weight excluding hydrogens is 293 g/mol. The van der Waals surface area contributed by atoms with Gasteiger partial charge in [0.2, 0.25) is 0 Å². The fourth-order valence-electron chi connectivity index (χ4n) is 3.27. The van der Waals surface area contributed by atoms with Gasteiger partial charge in [0.25, 0.3) is 5.91 Å². The van der Waals surface area contributed by atoms with Crippen molar-refractivity contribution in [2.75, 3.05) is 13.1 Å². The van der Waals surface area contributed by atoms with E-state index < -0.39 is 6.17 Å². The zero-order chi connectivity index (χ0) is 15.8. The number of likely N-dealkylation sites (tertiary alicyclic amines) is 1. The van der Waals surface area contributed by atoms with Crippen LogP contribution in [-0.4, -0.2) is 40.3 Å². The minimum atomic E-state index is -1.04. The average Bonchev–Trinajstić information content (AvgIpc) is 3.21. The predicted molar refractivity (Wildman–Crippen MR) is 86.1 cm³/mol. The Balaban J connectivity index is 1.62. The summed E-state index contributed by atoms with van der Waals surface area (Å²) in [6.07, 6.45) is 0.602. The third-order valence-corrected chi connectivity index (χ3v) is 4.48. The maximum Gasteiger partial charge on any atom is 0.254 e. The van der Waals surface area contributed by atoms with Gasteiger partial charge in [-0.15, -0.1) is 0 Å². The van der Waals surface area contributed by atoms with Gasteiger partial charge in [-0.2, -0.15) is 5.10 Å². The van der Waals surface area contributed by atoms with E-state index in [0.29, 0.717) is 12.1 Å². The van der Waals surface area contributed by atoms with Gasteiger partial charge in [-0.3, -0.25) is 9.89 Å². The van der Waals surface area contributed by atoms with Crippen molar-refractivity contribution in [3.63, 3.8) is 0 Å². The molecule has 1 N–H and O–H groups in total. The van der Waals surface area contributed by atoms with E-state index in [9.17, 15) is 9.18 Å². The number of aromatic nitrogens is 2. The Bertz CT molecular complexity index is 846. The number of H-pyrrole nitrogens is 1. The van der Waals surface area contributed by atoms with E-state index in [1.165, 1.54) is 0 Å². The van der Waals surface area contributed by atoms with Crippen molar-refractivity contribution in [3.05, 3.63) is 65.9 Å². The summed E-state index contributed by atoms with van der Waals surface area (Å²) in [7, 11) is 0. The summed E-state index contributed by atoms with van der Waals surface area (Å²) in [6.45, 7) is 0.533. The van der Waals surface area contributed by atoms with E-state index in [0.717, 1.165) is 16.5 Å². The molecule has 4 nitrogen and oxygen atoms in total. The molecule has 1 saturated heterocycles. The molecule has 0 bridgehead atoms. The van der Waals surface area contributed by atoms with Crippen LogP contribution in [0.2, 0.25) is 0 Å². The van der Waals surface area contributed by atoms with Crippen LogP contribution in [0.3, 0.4) is 0 Å². The molecule has 0 aliphatic carbocycles. The monoisotopic (exact) mass is 309 g/mol. The van der Waals surface area contributed by atoms with Gasteiger partial charge in [0.05, 0.1) is 23.8 Å². The molecule has 1 aliphatic rings. The molecule has 0 unspecified atom stereocenters. The van der Waals surface area contributed by atoms with E-state index in [4.69, 9.17) is 0 Å². The predicted octanol–water partition coefficient (Wildman–Crippen LogP) is 3.14. The van der Waals surface area contributed by atoms with Crippen LogP contribution < -0.4 is 0 Å². The number of halogens is 1. The SMILES string of the molecule is O=C(c1cccc2[nH]ncc12)N1C[C@@H](F)[C@@H](c2ccccc2)C1. The van der Waals surface area contributed by atoms with Gasteiger partial charge >= 0.3 is 0 Å². The third-order valence-electron chi connectivity index (χ3n) is 4.48. The first-order valence-corrected chi connectivity index (χ1v) is 7.64. The average molecular weight is 309 g/mol. The van der Waals surface area contributed by atoms with E-state index in [1.54, 1.807) is 17.2 Å². The molecule has 2 heterocycles. The topological polar surface area (TPSA) is 49.0 Å². The minimum Gasteiger partial charge on any atom is -0.335 e. The number of rotatable bonds is 2. The summed E-state index contributed by atoms with van der Waals surface area (Å²) >= 11 is 0. The summed E-state index contributed by atoms with van der Waals surface area (Å²) in [4.78, 5) is 14.4. The van der Waals surface area contributed by atoms with Crippen molar-refractivity contribution in [1.82, 2.24) is 15.1 Å². The van der Waals surface area contributed by atoms with Crippen LogP contribution in [0.1, 0.15) is 21.8 Å². The quantitative estimate of drug-likeness (QED) is 0.790. The molecule has 1 fully saturated rings. The van der Waals surface area contributed by atoms with Crippen molar-refractivity contribution in [2.24, 2.45) is 0 Å². The normalized spacial score (nSPS) is 21.0. The number of nitrogens with zero attached hydrogens (tertiary/aromatic N) is 2. The minimum absolute atomic E-state index is 0.132. The Labute approximate surface area is 132 Å². The number of aromatic amines is 1. The fraction of sp³-hybridized carbons (Fsp3) is 0.222. The van der Waals surface area contributed by atoms with Gasteiger partial charge in [0.1, 0.15) is 6.17 Å². The summed E-state index contributed by atoms with van der Waals surface area (Å²) in [6, 6.07) is 15.0. The van der Waals surface area contributed by atoms with Crippen molar-refractivity contribution in [2.45, 2.75) is 12.1 Å². The molecule has 1 aromatic heterocycles. The Kier molecular flexibility index (Phi) is 3.33. The molecule has 0 saturated carbocycles. The number of amides is 1. The van der Waals surface area contributed by atoms with Gasteiger partial charge in [0, 0.05) is 17.8 Å². The van der Waals surface area contributed by atoms with Crippen LogP contribution in [0.25, 0.3) is 10.9 Å². The van der Waals surface area contributed by atoms with Gasteiger partial charge in [-0.25, -0.2) is 4.39 Å². The molecule has 2 atom stereocenters. The van der Waals surface area contributed by atoms with Crippen molar-refractivity contribution in [3.8, 4) is 0 Å². The van der Waals surface area contributed by atoms with Crippen molar-refractivity contribution < 1.29 is 9.18 Å². The molecule has 1 aliphatic heterocycles. The molecular formula is C18H16FN3O. The van der Waals surface area contributed by atoms with Crippen molar-refractivity contribution >= 4 is 16.8 Å². The lowest BCUT2D eigenvalue weighted by Crippen LogP contribution is -2.29. The van der Waals surface area contributed by atoms with Crippen LogP contribution in [0.15, 0.2) is 54.7 Å². The molecule has 23 heavy (non-hydrogen) atoms. The molecule has 2 aromatic carbocycles. The van der Waals surface area contributed by atoms with Gasteiger partial charge in [-0.1, -0.05) is 36.4 Å². The summed E-state index contributed by atoms with van der Waals surface area (Å²) < 4.78 is 14.4. The molecule has 5 heteroatoms. The number of hydrogen-bond acceptors (Lipinski definition) is 2. The van der Waals surface area contributed by atoms with Crippen LogP contribution in [0.5, 0.6) is 0 Å². The Morgan fingerprint density at radius 1 is 1.13 bits per heavy atom. The standard InChI is InChI=1S/C18H16FN3O/c19-16-11-22(10-15(16)12-5-2-1-3-6-12)18(23)13-7-4-8-17-14(13)9-20-21-17/h1-9,15-16H,10-11H2,(H,20,21)/t15-,16-/m1/s1. The lowest BCUT2D eigenvalue weighted by Gasteiger charge is -2.16. The van der Waals surface area contributed by atoms with E-state index in [1.807, 2.05) is 42.5 Å². The zero-order valence-corrected chi connectivity index (χ0v) is 12.4. The fourth-order valence-corrected chi connectivity index (χ4v) is 3.27. The molecule has 0 spiro atoms. The highest BCUT2D eigenvalue weighted by molar-refractivity contribution is 6.06. The number of hydrogen-bond donors (Lipinski definition) is 1. The third kappa shape index (κ3) is 2.38.